The molecular weight excluding hydrogens is 502 g/mol. The standard InChI is InChI=1S/C22H18F2N4O7S/c1-27-18-16(20(31)28(22(27)33)8-11-5-12(23)15(29)13(24)6-11)36-17(19(30)26-18)21(32)35-9-10-3-4-25-14(7-10)34-2/h3-7,17,29H,8-9H2,1-2H3,(H,26,30). The molecule has 0 saturated carbocycles. The molecule has 1 unspecified atom stereocenters. The van der Waals surface area contributed by atoms with Crippen LogP contribution >= 0.6 is 11.8 Å². The van der Waals surface area contributed by atoms with E-state index in [-0.39, 0.29) is 22.9 Å². The second-order valence-electron chi connectivity index (χ2n) is 7.62. The van der Waals surface area contributed by atoms with Gasteiger partial charge in [0.05, 0.1) is 13.7 Å². The Hall–Kier alpha value is -4.20. The molecule has 3 aromatic rings. The SMILES string of the molecule is COc1cc(COC(=O)C2Sc3c(n(C)c(=O)n(Cc4cc(F)c(O)c(F)c4)c3=O)NC2=O)ccn1. The average Bonchev–Trinajstić information content (AvgIpc) is 2.86. The average molecular weight is 520 g/mol. The van der Waals surface area contributed by atoms with E-state index >= 15 is 0 Å². The summed E-state index contributed by atoms with van der Waals surface area (Å²) in [7, 11) is 2.71. The third-order valence-corrected chi connectivity index (χ3v) is 6.49. The molecule has 14 heteroatoms. The van der Waals surface area contributed by atoms with Gasteiger partial charge in [-0.1, -0.05) is 11.8 Å². The van der Waals surface area contributed by atoms with Crippen LogP contribution in [0.1, 0.15) is 11.1 Å². The van der Waals surface area contributed by atoms with Gasteiger partial charge < -0.3 is 19.9 Å². The van der Waals surface area contributed by atoms with Gasteiger partial charge in [-0.2, -0.15) is 0 Å². The van der Waals surface area contributed by atoms with Crippen LogP contribution in [0.25, 0.3) is 0 Å². The summed E-state index contributed by atoms with van der Waals surface area (Å²) in [4.78, 5) is 54.9. The number of nitrogens with zero attached hydrogens (tertiary/aromatic N) is 3. The van der Waals surface area contributed by atoms with E-state index in [0.29, 0.717) is 27.8 Å². The number of aromatic hydroxyl groups is 1. The number of pyridine rings is 1. The van der Waals surface area contributed by atoms with Crippen LogP contribution in [-0.4, -0.2) is 43.5 Å². The van der Waals surface area contributed by atoms with E-state index in [1.54, 1.807) is 12.1 Å². The fourth-order valence-electron chi connectivity index (χ4n) is 3.41. The largest absolute Gasteiger partial charge is 0.503 e. The zero-order chi connectivity index (χ0) is 26.1. The third kappa shape index (κ3) is 4.66. The molecule has 2 N–H and O–H groups in total. The number of esters is 1. The van der Waals surface area contributed by atoms with E-state index in [0.717, 1.165) is 16.7 Å². The van der Waals surface area contributed by atoms with Gasteiger partial charge >= 0.3 is 11.7 Å². The number of thioether (sulfide) groups is 1. The van der Waals surface area contributed by atoms with Gasteiger partial charge in [0.25, 0.3) is 5.56 Å². The number of carbonyl (C=O) groups excluding carboxylic acids is 2. The number of nitrogens with one attached hydrogen (secondary N) is 1. The summed E-state index contributed by atoms with van der Waals surface area (Å²) in [6.07, 6.45) is 1.45. The van der Waals surface area contributed by atoms with Crippen LogP contribution in [-0.2, 0) is 34.5 Å². The van der Waals surface area contributed by atoms with Crippen LogP contribution in [0.4, 0.5) is 14.6 Å². The quantitative estimate of drug-likeness (QED) is 0.361. The van der Waals surface area contributed by atoms with Crippen molar-refractivity contribution in [2.45, 2.75) is 23.3 Å². The second kappa shape index (κ2) is 9.81. The number of phenolic OH excluding ortho intramolecular Hbond substituents is 1. The first-order valence-corrected chi connectivity index (χ1v) is 11.1. The summed E-state index contributed by atoms with van der Waals surface area (Å²) in [6.45, 7) is -0.717. The molecular formula is C22H18F2N4O7S. The van der Waals surface area contributed by atoms with Crippen LogP contribution in [0.3, 0.4) is 0 Å². The minimum absolute atomic E-state index is 0.101. The van der Waals surface area contributed by atoms with Crippen LogP contribution in [0.5, 0.6) is 11.6 Å². The molecule has 0 spiro atoms. The topological polar surface area (TPSA) is 142 Å². The molecule has 36 heavy (non-hydrogen) atoms. The zero-order valence-electron chi connectivity index (χ0n) is 18.8. The molecule has 4 rings (SSSR count). The lowest BCUT2D eigenvalue weighted by Gasteiger charge is -2.25. The monoisotopic (exact) mass is 520 g/mol. The Labute approximate surface area is 205 Å². The number of hydrogen-bond donors (Lipinski definition) is 2. The molecule has 1 amide bonds. The Bertz CT molecular complexity index is 1480. The number of methoxy groups -OCH3 is 1. The number of halogens is 2. The smallest absolute Gasteiger partial charge is 0.332 e. The van der Waals surface area contributed by atoms with Gasteiger partial charge in [-0.3, -0.25) is 23.5 Å². The second-order valence-corrected chi connectivity index (χ2v) is 8.74. The van der Waals surface area contributed by atoms with Crippen molar-refractivity contribution in [2.75, 3.05) is 12.4 Å². The van der Waals surface area contributed by atoms with Gasteiger partial charge in [-0.25, -0.2) is 18.6 Å². The molecule has 1 atom stereocenters. The fraction of sp³-hybridized carbons (Fsp3) is 0.227. The number of benzene rings is 1. The first-order chi connectivity index (χ1) is 17.1. The Balaban J connectivity index is 1.61. The summed E-state index contributed by atoms with van der Waals surface area (Å²) >= 11 is 0.594. The van der Waals surface area contributed by atoms with Crippen molar-refractivity contribution >= 4 is 29.5 Å². The molecule has 2 aromatic heterocycles. The van der Waals surface area contributed by atoms with E-state index < -0.39 is 52.3 Å². The Morgan fingerprint density at radius 1 is 1.19 bits per heavy atom. The zero-order valence-corrected chi connectivity index (χ0v) is 19.6. The third-order valence-electron chi connectivity index (χ3n) is 5.24. The minimum atomic E-state index is -1.46. The molecule has 0 fully saturated rings. The predicted octanol–water partition coefficient (Wildman–Crippen LogP) is 1.14. The van der Waals surface area contributed by atoms with Gasteiger partial charge in [0.2, 0.25) is 11.8 Å². The molecule has 1 aromatic carbocycles. The van der Waals surface area contributed by atoms with Crippen molar-refractivity contribution in [1.82, 2.24) is 14.1 Å². The molecule has 1 aliphatic rings. The van der Waals surface area contributed by atoms with Crippen molar-refractivity contribution in [2.24, 2.45) is 7.05 Å². The Kier molecular flexibility index (Phi) is 6.79. The fourth-order valence-corrected chi connectivity index (χ4v) is 4.49. The number of aromatic nitrogens is 3. The van der Waals surface area contributed by atoms with E-state index in [1.807, 2.05) is 0 Å². The van der Waals surface area contributed by atoms with Gasteiger partial charge in [-0.05, 0) is 29.3 Å². The number of ether oxygens (including phenoxy) is 2. The Morgan fingerprint density at radius 2 is 1.89 bits per heavy atom. The number of fused-ring (bicyclic) bond motifs is 1. The first-order valence-electron chi connectivity index (χ1n) is 10.2. The van der Waals surface area contributed by atoms with Crippen molar-refractivity contribution in [3.63, 3.8) is 0 Å². The normalized spacial score (nSPS) is 14.7. The molecule has 0 bridgehead atoms. The highest BCUT2D eigenvalue weighted by Crippen LogP contribution is 2.33. The maximum absolute atomic E-state index is 13.7. The summed E-state index contributed by atoms with van der Waals surface area (Å²) in [5, 5.41) is 10.2. The number of phenols is 1. The van der Waals surface area contributed by atoms with Crippen LogP contribution in [0.2, 0.25) is 0 Å². The van der Waals surface area contributed by atoms with Gasteiger partial charge in [-0.15, -0.1) is 0 Å². The lowest BCUT2D eigenvalue weighted by molar-refractivity contribution is -0.146. The lowest BCUT2D eigenvalue weighted by atomic mass is 10.2. The molecule has 0 radical (unpaired) electrons. The summed E-state index contributed by atoms with van der Waals surface area (Å²) in [5.74, 6) is -5.25. The first kappa shape index (κ1) is 24.9. The van der Waals surface area contributed by atoms with Crippen LogP contribution in [0, 0.1) is 11.6 Å². The van der Waals surface area contributed by atoms with Gasteiger partial charge in [0.15, 0.2) is 22.6 Å². The minimum Gasteiger partial charge on any atom is -0.503 e. The van der Waals surface area contributed by atoms with E-state index in [4.69, 9.17) is 9.47 Å². The van der Waals surface area contributed by atoms with Crippen molar-refractivity contribution in [3.8, 4) is 11.6 Å². The van der Waals surface area contributed by atoms with Crippen LogP contribution in [0.15, 0.2) is 44.9 Å². The van der Waals surface area contributed by atoms with E-state index in [1.165, 1.54) is 20.4 Å². The van der Waals surface area contributed by atoms with Crippen LogP contribution < -0.4 is 21.3 Å². The number of rotatable bonds is 6. The van der Waals surface area contributed by atoms with Gasteiger partial charge in [0.1, 0.15) is 17.3 Å². The summed E-state index contributed by atoms with van der Waals surface area (Å²) in [5.41, 5.74) is -1.31. The van der Waals surface area contributed by atoms with Crippen molar-refractivity contribution in [1.29, 1.82) is 0 Å². The van der Waals surface area contributed by atoms with E-state index in [2.05, 4.69) is 10.3 Å². The predicted molar refractivity (Wildman–Crippen MR) is 122 cm³/mol. The highest BCUT2D eigenvalue weighted by molar-refractivity contribution is 8.01. The number of anilines is 1. The summed E-state index contributed by atoms with van der Waals surface area (Å²) in [6, 6.07) is 4.70. The molecule has 0 saturated heterocycles. The Morgan fingerprint density at radius 3 is 2.56 bits per heavy atom. The molecule has 188 valence electrons. The lowest BCUT2D eigenvalue weighted by Crippen LogP contribution is -2.46. The maximum atomic E-state index is 13.7. The molecule has 11 nitrogen and oxygen atoms in total. The van der Waals surface area contributed by atoms with Gasteiger partial charge in [0, 0.05) is 19.3 Å². The highest BCUT2D eigenvalue weighted by Gasteiger charge is 2.38. The highest BCUT2D eigenvalue weighted by atomic mass is 32.2. The van der Waals surface area contributed by atoms with Crippen molar-refractivity contribution < 1.29 is 33.0 Å². The molecule has 0 aliphatic carbocycles. The number of hydrogen-bond acceptors (Lipinski definition) is 9. The number of amides is 1. The molecule has 3 heterocycles. The number of carbonyl (C=O) groups is 2. The van der Waals surface area contributed by atoms with E-state index in [9.17, 15) is 33.1 Å². The van der Waals surface area contributed by atoms with Crippen molar-refractivity contribution in [3.05, 3.63) is 74.1 Å². The molecule has 1 aliphatic heterocycles. The summed E-state index contributed by atoms with van der Waals surface area (Å²) < 4.78 is 39.4. The maximum Gasteiger partial charge on any atom is 0.332 e.